The second-order valence-corrected chi connectivity index (χ2v) is 4.97. The standard InChI is InChI=1S/C9H6F6O3S.Na/c10-8(11,12)6-1-2-7(9(13,14)15)5(3-6)4-19(16,17)18;/h1-3H,4H2,(H,16,17,18);/q;+1/p-1. The van der Waals surface area contributed by atoms with Crippen LogP contribution in [0.5, 0.6) is 0 Å². The van der Waals surface area contributed by atoms with Crippen molar-refractivity contribution in [1.82, 2.24) is 0 Å². The first kappa shape index (κ1) is 19.7. The summed E-state index contributed by atoms with van der Waals surface area (Å²) in [6, 6.07) is 0.283. The molecule has 0 heterocycles. The van der Waals surface area contributed by atoms with Gasteiger partial charge in [-0.05, 0) is 23.8 Å². The predicted molar refractivity (Wildman–Crippen MR) is 49.8 cm³/mol. The summed E-state index contributed by atoms with van der Waals surface area (Å²) in [5.74, 6) is -1.66. The zero-order valence-electron chi connectivity index (χ0n) is 9.84. The Balaban J connectivity index is 0.00000361. The van der Waals surface area contributed by atoms with Gasteiger partial charge in [0, 0.05) is 0 Å². The van der Waals surface area contributed by atoms with Crippen LogP contribution in [0.4, 0.5) is 26.3 Å². The van der Waals surface area contributed by atoms with Gasteiger partial charge in [0.05, 0.1) is 27.0 Å². The van der Waals surface area contributed by atoms with Gasteiger partial charge in [-0.1, -0.05) is 0 Å². The van der Waals surface area contributed by atoms with E-state index in [0.29, 0.717) is 0 Å². The van der Waals surface area contributed by atoms with Crippen LogP contribution in [-0.2, 0) is 28.2 Å². The normalized spacial score (nSPS) is 12.9. The predicted octanol–water partition coefficient (Wildman–Crippen LogP) is -0.227. The van der Waals surface area contributed by atoms with Crippen LogP contribution in [0.3, 0.4) is 0 Å². The number of alkyl halides is 6. The van der Waals surface area contributed by atoms with E-state index in [0.717, 1.165) is 0 Å². The molecule has 0 unspecified atom stereocenters. The van der Waals surface area contributed by atoms with E-state index in [1.807, 2.05) is 0 Å². The first-order chi connectivity index (χ1) is 8.31. The first-order valence-corrected chi connectivity index (χ1v) is 6.09. The maximum atomic E-state index is 12.5. The SMILES string of the molecule is O=S(=O)([O-])Cc1cc(C(F)(F)F)ccc1C(F)(F)F.[Na+]. The molecule has 0 aromatic heterocycles. The molecule has 0 atom stereocenters. The van der Waals surface area contributed by atoms with Gasteiger partial charge >= 0.3 is 41.9 Å². The smallest absolute Gasteiger partial charge is 0.748 e. The van der Waals surface area contributed by atoms with Crippen LogP contribution in [0, 0.1) is 0 Å². The van der Waals surface area contributed by atoms with E-state index in [2.05, 4.69) is 0 Å². The Kier molecular flexibility index (Phi) is 6.13. The van der Waals surface area contributed by atoms with Crippen LogP contribution in [-0.4, -0.2) is 13.0 Å². The minimum absolute atomic E-state index is 0. The van der Waals surface area contributed by atoms with Gasteiger partial charge in [0.1, 0.15) is 0 Å². The second-order valence-electron chi connectivity index (χ2n) is 3.57. The third-order valence-corrected chi connectivity index (χ3v) is 2.73. The third-order valence-electron chi connectivity index (χ3n) is 2.07. The van der Waals surface area contributed by atoms with Gasteiger partial charge < -0.3 is 4.55 Å². The second kappa shape index (κ2) is 6.22. The molecule has 0 N–H and O–H groups in total. The van der Waals surface area contributed by atoms with E-state index in [9.17, 15) is 39.3 Å². The van der Waals surface area contributed by atoms with Gasteiger partial charge in [-0.3, -0.25) is 0 Å². The maximum absolute atomic E-state index is 12.5. The zero-order valence-corrected chi connectivity index (χ0v) is 12.7. The fourth-order valence-corrected chi connectivity index (χ4v) is 1.98. The van der Waals surface area contributed by atoms with Crippen molar-refractivity contribution in [3.8, 4) is 0 Å². The van der Waals surface area contributed by atoms with Gasteiger partial charge in [0.25, 0.3) is 0 Å². The maximum Gasteiger partial charge on any atom is 1.00 e. The van der Waals surface area contributed by atoms with E-state index in [4.69, 9.17) is 0 Å². The molecule has 0 saturated heterocycles. The number of benzene rings is 1. The molecular formula is C9H5F6NaO3S. The quantitative estimate of drug-likeness (QED) is 0.428. The summed E-state index contributed by atoms with van der Waals surface area (Å²) in [7, 11) is -5.14. The third kappa shape index (κ3) is 5.60. The summed E-state index contributed by atoms with van der Waals surface area (Å²) in [4.78, 5) is 0. The molecule has 0 fully saturated rings. The van der Waals surface area contributed by atoms with Crippen molar-refractivity contribution in [2.75, 3.05) is 0 Å². The molecule has 11 heteroatoms. The molecule has 0 bridgehead atoms. The molecule has 108 valence electrons. The Morgan fingerprint density at radius 3 is 1.85 bits per heavy atom. The summed E-state index contributed by atoms with van der Waals surface area (Å²) in [5, 5.41) is 0. The summed E-state index contributed by atoms with van der Waals surface area (Å²) in [6.07, 6.45) is -9.99. The van der Waals surface area contributed by atoms with E-state index in [1.54, 1.807) is 0 Å². The average molecular weight is 330 g/mol. The summed E-state index contributed by atoms with van der Waals surface area (Å²) in [5.41, 5.74) is -4.27. The monoisotopic (exact) mass is 330 g/mol. The molecule has 1 rings (SSSR count). The fourth-order valence-electron chi connectivity index (χ4n) is 1.36. The molecule has 20 heavy (non-hydrogen) atoms. The first-order valence-electron chi connectivity index (χ1n) is 4.51. The molecule has 1 aromatic carbocycles. The molecule has 0 aliphatic carbocycles. The van der Waals surface area contributed by atoms with E-state index < -0.39 is 44.9 Å². The van der Waals surface area contributed by atoms with E-state index in [-0.39, 0.29) is 47.8 Å². The number of hydrogen-bond donors (Lipinski definition) is 0. The molecule has 1 aromatic rings. The number of hydrogen-bond acceptors (Lipinski definition) is 3. The van der Waals surface area contributed by atoms with Crippen molar-refractivity contribution in [3.05, 3.63) is 34.9 Å². The molecule has 0 aliphatic heterocycles. The molecule has 0 saturated carbocycles. The van der Waals surface area contributed by atoms with Crippen LogP contribution < -0.4 is 29.6 Å². The fraction of sp³-hybridized carbons (Fsp3) is 0.333. The van der Waals surface area contributed by atoms with Crippen LogP contribution in [0.25, 0.3) is 0 Å². The molecular weight excluding hydrogens is 325 g/mol. The van der Waals surface area contributed by atoms with Crippen molar-refractivity contribution < 1.29 is 68.9 Å². The minimum Gasteiger partial charge on any atom is -0.748 e. The molecule has 0 radical (unpaired) electrons. The zero-order chi connectivity index (χ0) is 15.1. The van der Waals surface area contributed by atoms with Crippen molar-refractivity contribution in [1.29, 1.82) is 0 Å². The van der Waals surface area contributed by atoms with Crippen molar-refractivity contribution in [2.45, 2.75) is 18.1 Å². The van der Waals surface area contributed by atoms with E-state index in [1.165, 1.54) is 0 Å². The largest absolute Gasteiger partial charge is 1.00 e. The topological polar surface area (TPSA) is 57.2 Å². The molecule has 0 spiro atoms. The van der Waals surface area contributed by atoms with Crippen LogP contribution in [0.1, 0.15) is 16.7 Å². The Labute approximate surface area is 132 Å². The molecule has 3 nitrogen and oxygen atoms in total. The number of rotatable bonds is 2. The van der Waals surface area contributed by atoms with Gasteiger partial charge in [-0.2, -0.15) is 26.3 Å². The average Bonchev–Trinajstić information content (AvgIpc) is 2.11. The van der Waals surface area contributed by atoms with E-state index >= 15 is 0 Å². The van der Waals surface area contributed by atoms with Crippen molar-refractivity contribution in [2.24, 2.45) is 0 Å². The summed E-state index contributed by atoms with van der Waals surface area (Å²) >= 11 is 0. The van der Waals surface area contributed by atoms with Crippen LogP contribution in [0.2, 0.25) is 0 Å². The Bertz CT molecular complexity index is 578. The van der Waals surface area contributed by atoms with Gasteiger partial charge in [-0.25, -0.2) is 8.42 Å². The Morgan fingerprint density at radius 2 is 1.50 bits per heavy atom. The van der Waals surface area contributed by atoms with Gasteiger partial charge in [-0.15, -0.1) is 0 Å². The molecule has 0 aliphatic rings. The summed E-state index contributed by atoms with van der Waals surface area (Å²) < 4.78 is 106. The van der Waals surface area contributed by atoms with Crippen LogP contribution >= 0.6 is 0 Å². The van der Waals surface area contributed by atoms with Crippen molar-refractivity contribution in [3.63, 3.8) is 0 Å². The van der Waals surface area contributed by atoms with Gasteiger partial charge in [0.2, 0.25) is 0 Å². The Morgan fingerprint density at radius 1 is 1.00 bits per heavy atom. The molecule has 0 amide bonds. The number of halogens is 6. The van der Waals surface area contributed by atoms with Gasteiger partial charge in [0.15, 0.2) is 0 Å². The van der Waals surface area contributed by atoms with Crippen LogP contribution in [0.15, 0.2) is 18.2 Å². The summed E-state index contributed by atoms with van der Waals surface area (Å²) in [6.45, 7) is 0. The van der Waals surface area contributed by atoms with Crippen molar-refractivity contribution >= 4 is 10.1 Å². The minimum atomic E-state index is -5.14. The Hall–Kier alpha value is -0.290.